The van der Waals surface area contributed by atoms with Crippen LogP contribution in [0, 0.1) is 0 Å². The maximum atomic E-state index is 5.48. The lowest BCUT2D eigenvalue weighted by Crippen LogP contribution is -2.03. The molecule has 3 aromatic heterocycles. The molecule has 0 atom stereocenters. The zero-order chi connectivity index (χ0) is 33.0. The van der Waals surface area contributed by atoms with Gasteiger partial charge in [-0.05, 0) is 76.9 Å². The van der Waals surface area contributed by atoms with Crippen LogP contribution in [0.1, 0.15) is 0 Å². The van der Waals surface area contributed by atoms with Gasteiger partial charge in [-0.3, -0.25) is 4.57 Å². The van der Waals surface area contributed by atoms with Gasteiger partial charge in [0.1, 0.15) is 0 Å². The molecule has 0 fully saturated rings. The smallest absolute Gasteiger partial charge is 0.235 e. The minimum absolute atomic E-state index is 0.647. The van der Waals surface area contributed by atoms with Gasteiger partial charge in [-0.1, -0.05) is 121 Å². The molecule has 234 valence electrons. The highest BCUT2D eigenvalue weighted by Crippen LogP contribution is 2.39. The second-order valence-corrected chi connectivity index (χ2v) is 12.7. The lowest BCUT2D eigenvalue weighted by Gasteiger charge is -2.14. The van der Waals surface area contributed by atoms with Crippen molar-refractivity contribution >= 4 is 43.6 Å². The van der Waals surface area contributed by atoms with Crippen LogP contribution in [0.2, 0.25) is 0 Å². The number of benzene rings is 7. The molecule has 3 heterocycles. The van der Waals surface area contributed by atoms with Crippen molar-refractivity contribution < 1.29 is 0 Å². The van der Waals surface area contributed by atoms with E-state index < -0.39 is 0 Å². The maximum absolute atomic E-state index is 5.48. The molecular weight excluding hydrogens is 609 g/mol. The third kappa shape index (κ3) is 4.54. The molecule has 0 N–H and O–H groups in total. The van der Waals surface area contributed by atoms with Crippen LogP contribution in [0.4, 0.5) is 0 Å². The quantitative estimate of drug-likeness (QED) is 0.188. The first kappa shape index (κ1) is 28.3. The molecule has 0 amide bonds. The largest absolute Gasteiger partial charge is 0.316 e. The van der Waals surface area contributed by atoms with Gasteiger partial charge in [0.2, 0.25) is 5.95 Å². The lowest BCUT2D eigenvalue weighted by molar-refractivity contribution is 1.01. The summed E-state index contributed by atoms with van der Waals surface area (Å²) >= 11 is 0. The van der Waals surface area contributed by atoms with Gasteiger partial charge in [-0.25, -0.2) is 9.97 Å². The van der Waals surface area contributed by atoms with E-state index in [0.29, 0.717) is 5.95 Å². The van der Waals surface area contributed by atoms with E-state index in [1.54, 1.807) is 0 Å². The summed E-state index contributed by atoms with van der Waals surface area (Å²) in [5.41, 5.74) is 11.9. The molecule has 4 heteroatoms. The number of para-hydroxylation sites is 3. The first-order valence-corrected chi connectivity index (χ1v) is 16.9. The molecular formula is C46H30N4. The number of hydrogen-bond donors (Lipinski definition) is 0. The second-order valence-electron chi connectivity index (χ2n) is 12.7. The normalized spacial score (nSPS) is 11.6. The molecule has 10 rings (SSSR count). The molecule has 10 aromatic rings. The number of rotatable bonds is 5. The van der Waals surface area contributed by atoms with E-state index in [-0.39, 0.29) is 0 Å². The Morgan fingerprint density at radius 2 is 1.02 bits per heavy atom. The Balaban J connectivity index is 1.27. The molecule has 50 heavy (non-hydrogen) atoms. The summed E-state index contributed by atoms with van der Waals surface area (Å²) in [6.07, 6.45) is 2.17. The highest BCUT2D eigenvalue weighted by Gasteiger charge is 2.21. The summed E-state index contributed by atoms with van der Waals surface area (Å²) in [5, 5.41) is 4.56. The number of hydrogen-bond acceptors (Lipinski definition) is 2. The lowest BCUT2D eigenvalue weighted by atomic mass is 9.94. The van der Waals surface area contributed by atoms with Crippen molar-refractivity contribution in [2.24, 2.45) is 0 Å². The van der Waals surface area contributed by atoms with Gasteiger partial charge in [0, 0.05) is 39.0 Å². The molecule has 4 nitrogen and oxygen atoms in total. The average Bonchev–Trinajstić information content (AvgIpc) is 3.78. The SMILES string of the molecule is c1ccc(-c2cc(-c3ccccc3)cc(-c3nc(-n4c5ccccc5c5c6c(ccc54)ccn6-c4ccccc4)nc4ccccc34)c2)cc1. The molecule has 0 saturated heterocycles. The van der Waals surface area contributed by atoms with E-state index in [0.717, 1.165) is 61.1 Å². The molecule has 0 aliphatic rings. The number of fused-ring (bicyclic) bond motifs is 6. The fraction of sp³-hybridized carbons (Fsp3) is 0. The van der Waals surface area contributed by atoms with Crippen LogP contribution in [0.15, 0.2) is 182 Å². The Bertz CT molecular complexity index is 2790. The first-order chi connectivity index (χ1) is 24.8. The first-order valence-electron chi connectivity index (χ1n) is 16.9. The van der Waals surface area contributed by atoms with Crippen molar-refractivity contribution in [1.29, 1.82) is 0 Å². The van der Waals surface area contributed by atoms with Gasteiger partial charge in [0.05, 0.1) is 27.8 Å². The Morgan fingerprint density at radius 3 is 1.74 bits per heavy atom. The molecule has 0 aliphatic carbocycles. The monoisotopic (exact) mass is 638 g/mol. The number of aromatic nitrogens is 4. The Kier molecular flexibility index (Phi) is 6.46. The summed E-state index contributed by atoms with van der Waals surface area (Å²) in [7, 11) is 0. The number of nitrogens with zero attached hydrogens (tertiary/aromatic N) is 4. The molecule has 7 aromatic carbocycles. The Labute approximate surface area is 289 Å². The van der Waals surface area contributed by atoms with Crippen molar-refractivity contribution in [2.75, 3.05) is 0 Å². The highest BCUT2D eigenvalue weighted by molar-refractivity contribution is 6.20. The minimum Gasteiger partial charge on any atom is -0.316 e. The van der Waals surface area contributed by atoms with Crippen molar-refractivity contribution in [1.82, 2.24) is 19.1 Å². The summed E-state index contributed by atoms with van der Waals surface area (Å²) in [6, 6.07) is 62.1. The van der Waals surface area contributed by atoms with Gasteiger partial charge in [-0.2, -0.15) is 0 Å². The Hall–Kier alpha value is -6.78. The predicted molar refractivity (Wildman–Crippen MR) is 207 cm³/mol. The standard InChI is InChI=1S/C46H30N4/c1-4-14-31(15-5-1)34-28-35(32-16-6-2-7-17-32)30-36(29-34)44-38-20-10-12-22-40(38)47-46(48-44)50-41-23-13-11-21-39(41)43-42(50)25-24-33-26-27-49(45(33)43)37-18-8-3-9-19-37/h1-30H. The Morgan fingerprint density at radius 1 is 0.420 bits per heavy atom. The zero-order valence-corrected chi connectivity index (χ0v) is 27.1. The van der Waals surface area contributed by atoms with E-state index >= 15 is 0 Å². The highest BCUT2D eigenvalue weighted by atomic mass is 15.2. The van der Waals surface area contributed by atoms with E-state index in [9.17, 15) is 0 Å². The summed E-state index contributed by atoms with van der Waals surface area (Å²) < 4.78 is 4.53. The second kappa shape index (κ2) is 11.4. The third-order valence-electron chi connectivity index (χ3n) is 9.73. The van der Waals surface area contributed by atoms with Crippen molar-refractivity contribution in [2.45, 2.75) is 0 Å². The van der Waals surface area contributed by atoms with Crippen molar-refractivity contribution in [3.8, 4) is 45.1 Å². The zero-order valence-electron chi connectivity index (χ0n) is 27.1. The predicted octanol–water partition coefficient (Wildman–Crippen LogP) is 11.7. The van der Waals surface area contributed by atoms with E-state index in [1.807, 2.05) is 0 Å². The van der Waals surface area contributed by atoms with Crippen LogP contribution in [0.25, 0.3) is 88.8 Å². The fourth-order valence-corrected chi connectivity index (χ4v) is 7.44. The summed E-state index contributed by atoms with van der Waals surface area (Å²) in [4.78, 5) is 10.7. The molecule has 0 bridgehead atoms. The van der Waals surface area contributed by atoms with Crippen molar-refractivity contribution in [3.63, 3.8) is 0 Å². The average molecular weight is 639 g/mol. The molecule has 0 aliphatic heterocycles. The van der Waals surface area contributed by atoms with Crippen LogP contribution >= 0.6 is 0 Å². The van der Waals surface area contributed by atoms with Crippen LogP contribution in [-0.4, -0.2) is 19.1 Å². The topological polar surface area (TPSA) is 35.6 Å². The maximum Gasteiger partial charge on any atom is 0.235 e. The van der Waals surface area contributed by atoms with Gasteiger partial charge in [0.25, 0.3) is 0 Å². The van der Waals surface area contributed by atoms with E-state index in [1.165, 1.54) is 21.7 Å². The summed E-state index contributed by atoms with van der Waals surface area (Å²) in [6.45, 7) is 0. The van der Waals surface area contributed by atoms with Gasteiger partial charge >= 0.3 is 0 Å². The third-order valence-corrected chi connectivity index (χ3v) is 9.73. The van der Waals surface area contributed by atoms with E-state index in [4.69, 9.17) is 9.97 Å². The van der Waals surface area contributed by atoms with Gasteiger partial charge in [-0.15, -0.1) is 0 Å². The molecule has 0 radical (unpaired) electrons. The molecule has 0 spiro atoms. The molecule has 0 saturated carbocycles. The fourth-order valence-electron chi connectivity index (χ4n) is 7.44. The minimum atomic E-state index is 0.647. The van der Waals surface area contributed by atoms with Gasteiger partial charge < -0.3 is 4.57 Å². The summed E-state index contributed by atoms with van der Waals surface area (Å²) in [5.74, 6) is 0.647. The van der Waals surface area contributed by atoms with Crippen LogP contribution in [-0.2, 0) is 0 Å². The van der Waals surface area contributed by atoms with Crippen LogP contribution in [0.3, 0.4) is 0 Å². The van der Waals surface area contributed by atoms with Crippen LogP contribution in [0.5, 0.6) is 0 Å². The van der Waals surface area contributed by atoms with Crippen molar-refractivity contribution in [3.05, 3.63) is 182 Å². The molecule has 0 unspecified atom stereocenters. The van der Waals surface area contributed by atoms with Crippen LogP contribution < -0.4 is 0 Å². The van der Waals surface area contributed by atoms with Gasteiger partial charge in [0.15, 0.2) is 0 Å². The van der Waals surface area contributed by atoms with E-state index in [2.05, 4.69) is 191 Å².